The molecule has 0 aromatic rings. The molecule has 6 heteroatoms. The van der Waals surface area contributed by atoms with Crippen LogP contribution < -0.4 is 5.32 Å². The van der Waals surface area contributed by atoms with Gasteiger partial charge in [-0.2, -0.15) is 0 Å². The van der Waals surface area contributed by atoms with Crippen LogP contribution in [0, 0.1) is 0 Å². The lowest BCUT2D eigenvalue weighted by molar-refractivity contribution is -0.0721. The van der Waals surface area contributed by atoms with Gasteiger partial charge in [0.1, 0.15) is 0 Å². The third kappa shape index (κ3) is 8.42. The molecule has 3 aliphatic rings. The first-order valence-electron chi connectivity index (χ1n) is 12.2. The van der Waals surface area contributed by atoms with Crippen molar-refractivity contribution in [2.45, 2.75) is 95.9 Å². The van der Waals surface area contributed by atoms with E-state index in [-0.39, 0.29) is 0 Å². The van der Waals surface area contributed by atoms with Gasteiger partial charge in [-0.05, 0) is 51.9 Å². The van der Waals surface area contributed by atoms with E-state index in [1.54, 1.807) is 0 Å². The number of hydrogen-bond donors (Lipinski definition) is 1. The highest BCUT2D eigenvalue weighted by Crippen LogP contribution is 2.20. The molecule has 1 aliphatic carbocycles. The molecule has 0 spiro atoms. The van der Waals surface area contributed by atoms with Crippen molar-refractivity contribution >= 4 is 5.96 Å². The number of ether oxygens (including phenoxy) is 3. The van der Waals surface area contributed by atoms with E-state index in [9.17, 15) is 0 Å². The van der Waals surface area contributed by atoms with E-state index < -0.39 is 0 Å². The van der Waals surface area contributed by atoms with Gasteiger partial charge in [0.2, 0.25) is 0 Å². The van der Waals surface area contributed by atoms with Gasteiger partial charge >= 0.3 is 0 Å². The van der Waals surface area contributed by atoms with Crippen molar-refractivity contribution in [3.63, 3.8) is 0 Å². The molecule has 2 heterocycles. The van der Waals surface area contributed by atoms with Crippen LogP contribution in [0.3, 0.4) is 0 Å². The maximum atomic E-state index is 6.15. The molecular weight excluding hydrogens is 366 g/mol. The van der Waals surface area contributed by atoms with Gasteiger partial charge in [-0.1, -0.05) is 25.7 Å². The molecule has 6 nitrogen and oxygen atoms in total. The van der Waals surface area contributed by atoms with Gasteiger partial charge in [0.25, 0.3) is 0 Å². The van der Waals surface area contributed by atoms with Crippen molar-refractivity contribution < 1.29 is 14.2 Å². The van der Waals surface area contributed by atoms with Gasteiger partial charge in [-0.3, -0.25) is 4.99 Å². The van der Waals surface area contributed by atoms with Crippen molar-refractivity contribution in [2.75, 3.05) is 46.0 Å². The summed E-state index contributed by atoms with van der Waals surface area (Å²) < 4.78 is 18.0. The summed E-state index contributed by atoms with van der Waals surface area (Å²) in [4.78, 5) is 7.22. The van der Waals surface area contributed by atoms with Crippen LogP contribution in [0.1, 0.15) is 77.6 Å². The Hall–Kier alpha value is -0.850. The fourth-order valence-electron chi connectivity index (χ4n) is 4.62. The first-order valence-corrected chi connectivity index (χ1v) is 12.2. The van der Waals surface area contributed by atoms with E-state index in [1.165, 1.54) is 51.4 Å². The fraction of sp³-hybridized carbons (Fsp3) is 0.957. The van der Waals surface area contributed by atoms with Crippen molar-refractivity contribution in [2.24, 2.45) is 4.99 Å². The number of aliphatic imine (C=N–C) groups is 1. The average Bonchev–Trinajstić information content (AvgIpc) is 3.04. The molecule has 1 N–H and O–H groups in total. The van der Waals surface area contributed by atoms with Crippen molar-refractivity contribution in [3.05, 3.63) is 0 Å². The molecule has 29 heavy (non-hydrogen) atoms. The highest BCUT2D eigenvalue weighted by atomic mass is 16.5. The van der Waals surface area contributed by atoms with Crippen LogP contribution in [0.2, 0.25) is 0 Å². The summed E-state index contributed by atoms with van der Waals surface area (Å²) in [6.45, 7) is 8.19. The zero-order valence-electron chi connectivity index (χ0n) is 18.6. The molecule has 1 saturated carbocycles. The normalized spacial score (nSPS) is 25.8. The predicted octanol–water partition coefficient (Wildman–Crippen LogP) is 3.74. The van der Waals surface area contributed by atoms with Crippen molar-refractivity contribution in [1.82, 2.24) is 10.2 Å². The number of nitrogens with zero attached hydrogens (tertiary/aromatic N) is 2. The van der Waals surface area contributed by atoms with Gasteiger partial charge in [0.05, 0.1) is 38.1 Å². The number of nitrogens with one attached hydrogen (secondary N) is 1. The Morgan fingerprint density at radius 2 is 1.66 bits per heavy atom. The van der Waals surface area contributed by atoms with Gasteiger partial charge in [-0.25, -0.2) is 0 Å². The molecule has 1 atom stereocenters. The highest BCUT2D eigenvalue weighted by Gasteiger charge is 2.23. The Bertz CT molecular complexity index is 452. The van der Waals surface area contributed by atoms with Crippen LogP contribution in [-0.2, 0) is 14.2 Å². The number of piperidine rings is 1. The van der Waals surface area contributed by atoms with E-state index in [4.69, 9.17) is 19.2 Å². The van der Waals surface area contributed by atoms with Crippen LogP contribution in [0.15, 0.2) is 4.99 Å². The summed E-state index contributed by atoms with van der Waals surface area (Å²) in [6, 6.07) is 0. The molecule has 168 valence electrons. The molecule has 0 bridgehead atoms. The van der Waals surface area contributed by atoms with E-state index in [0.29, 0.717) is 18.3 Å². The predicted molar refractivity (Wildman–Crippen MR) is 118 cm³/mol. The molecule has 1 unspecified atom stereocenters. The minimum atomic E-state index is 0.314. The van der Waals surface area contributed by atoms with Crippen LogP contribution in [-0.4, -0.2) is 75.2 Å². The maximum absolute atomic E-state index is 6.15. The number of likely N-dealkylation sites (tertiary alicyclic amines) is 1. The Morgan fingerprint density at radius 1 is 0.931 bits per heavy atom. The number of guanidine groups is 1. The maximum Gasteiger partial charge on any atom is 0.193 e. The van der Waals surface area contributed by atoms with Crippen molar-refractivity contribution in [3.8, 4) is 0 Å². The largest absolute Gasteiger partial charge is 0.376 e. The molecule has 2 saturated heterocycles. The molecule has 3 fully saturated rings. The lowest BCUT2D eigenvalue weighted by atomic mass is 10.1. The minimum absolute atomic E-state index is 0.314. The van der Waals surface area contributed by atoms with Crippen LogP contribution in [0.25, 0.3) is 0 Å². The minimum Gasteiger partial charge on any atom is -0.376 e. The van der Waals surface area contributed by atoms with E-state index >= 15 is 0 Å². The summed E-state index contributed by atoms with van der Waals surface area (Å²) >= 11 is 0. The van der Waals surface area contributed by atoms with Crippen LogP contribution in [0.4, 0.5) is 0 Å². The SMILES string of the molecule is CCNC(=NCCOC1CCCCCC1)N1CCC(OCC2CCCCO2)CC1. The molecule has 0 aromatic heterocycles. The fourth-order valence-corrected chi connectivity index (χ4v) is 4.62. The van der Waals surface area contributed by atoms with E-state index in [0.717, 1.165) is 71.2 Å². The quantitative estimate of drug-likeness (QED) is 0.286. The van der Waals surface area contributed by atoms with Gasteiger partial charge < -0.3 is 24.4 Å². The Labute approximate surface area is 177 Å². The molecule has 0 aromatic carbocycles. The summed E-state index contributed by atoms with van der Waals surface area (Å²) in [5.74, 6) is 1.03. The average molecular weight is 410 g/mol. The second-order valence-electron chi connectivity index (χ2n) is 8.73. The Morgan fingerprint density at radius 3 is 2.34 bits per heavy atom. The van der Waals surface area contributed by atoms with E-state index in [2.05, 4.69) is 17.1 Å². The standard InChI is InChI=1S/C23H43N3O3/c1-2-24-23(25-14-18-28-20-9-5-3-4-6-10-20)26-15-12-21(13-16-26)29-19-22-11-7-8-17-27-22/h20-22H,2-19H2,1H3,(H,24,25). The first kappa shape index (κ1) is 22.8. The monoisotopic (exact) mass is 409 g/mol. The second-order valence-corrected chi connectivity index (χ2v) is 8.73. The summed E-state index contributed by atoms with van der Waals surface area (Å²) in [5.41, 5.74) is 0. The molecule has 3 rings (SSSR count). The highest BCUT2D eigenvalue weighted by molar-refractivity contribution is 5.80. The Kier molecular flexibility index (Phi) is 10.6. The molecule has 0 amide bonds. The smallest absolute Gasteiger partial charge is 0.193 e. The first-order chi connectivity index (χ1) is 14.3. The summed E-state index contributed by atoms with van der Waals surface area (Å²) in [7, 11) is 0. The zero-order chi connectivity index (χ0) is 20.2. The van der Waals surface area contributed by atoms with Gasteiger partial charge in [0.15, 0.2) is 5.96 Å². The third-order valence-electron chi connectivity index (χ3n) is 6.38. The lowest BCUT2D eigenvalue weighted by Crippen LogP contribution is -2.47. The van der Waals surface area contributed by atoms with Gasteiger partial charge in [0, 0.05) is 26.2 Å². The van der Waals surface area contributed by atoms with Gasteiger partial charge in [-0.15, -0.1) is 0 Å². The number of hydrogen-bond acceptors (Lipinski definition) is 4. The molecule has 2 aliphatic heterocycles. The number of rotatable bonds is 8. The molecular formula is C23H43N3O3. The molecule has 0 radical (unpaired) electrons. The van der Waals surface area contributed by atoms with Crippen LogP contribution >= 0.6 is 0 Å². The lowest BCUT2D eigenvalue weighted by Gasteiger charge is -2.35. The van der Waals surface area contributed by atoms with E-state index in [1.807, 2.05) is 0 Å². The third-order valence-corrected chi connectivity index (χ3v) is 6.38. The van der Waals surface area contributed by atoms with Crippen LogP contribution in [0.5, 0.6) is 0 Å². The summed E-state index contributed by atoms with van der Waals surface area (Å²) in [5, 5.41) is 3.46. The van der Waals surface area contributed by atoms with Crippen molar-refractivity contribution in [1.29, 1.82) is 0 Å². The Balaban J connectivity index is 1.34. The summed E-state index contributed by atoms with van der Waals surface area (Å²) in [6.07, 6.45) is 14.7. The second kappa shape index (κ2) is 13.5. The topological polar surface area (TPSA) is 55.3 Å². The zero-order valence-corrected chi connectivity index (χ0v) is 18.6.